The third-order valence-corrected chi connectivity index (χ3v) is 1.99. The molecule has 0 aliphatic carbocycles. The third kappa shape index (κ3) is 2.86. The van der Waals surface area contributed by atoms with Crippen LogP contribution in [0.2, 0.25) is 0 Å². The van der Waals surface area contributed by atoms with Gasteiger partial charge in [-0.3, -0.25) is 0 Å². The molecule has 6 heteroatoms. The Labute approximate surface area is 90.0 Å². The highest BCUT2D eigenvalue weighted by Gasteiger charge is 2.15. The minimum absolute atomic E-state index is 0.0340. The van der Waals surface area contributed by atoms with E-state index in [0.717, 1.165) is 13.2 Å². The summed E-state index contributed by atoms with van der Waals surface area (Å²) in [5.41, 5.74) is -0.234. The molecule has 0 fully saturated rings. The second kappa shape index (κ2) is 5.02. The van der Waals surface area contributed by atoms with Crippen LogP contribution in [0.5, 0.6) is 0 Å². The van der Waals surface area contributed by atoms with Crippen molar-refractivity contribution < 1.29 is 18.3 Å². The second-order valence-corrected chi connectivity index (χ2v) is 2.98. The average Bonchev–Trinajstić information content (AvgIpc) is 2.27. The molecule has 0 atom stereocenters. The van der Waals surface area contributed by atoms with Crippen LogP contribution < -0.4 is 0 Å². The number of methoxy groups -OCH3 is 1. The van der Waals surface area contributed by atoms with E-state index in [1.165, 1.54) is 6.07 Å². The number of carbonyl (C=O) groups is 1. The van der Waals surface area contributed by atoms with Crippen LogP contribution in [0.25, 0.3) is 0 Å². The summed E-state index contributed by atoms with van der Waals surface area (Å²) < 4.78 is 29.1. The zero-order chi connectivity index (χ0) is 11.4. The molecule has 1 rings (SSSR count). The van der Waals surface area contributed by atoms with Crippen molar-refractivity contribution in [2.75, 3.05) is 7.11 Å². The van der Waals surface area contributed by atoms with Crippen LogP contribution in [0, 0.1) is 0 Å². The molecule has 0 unspecified atom stereocenters. The number of rotatable bonds is 3. The summed E-state index contributed by atoms with van der Waals surface area (Å²) in [6.45, 7) is 0. The molecule has 1 aromatic heterocycles. The molecule has 82 valence electrons. The van der Waals surface area contributed by atoms with E-state index in [1.807, 2.05) is 0 Å². The monoisotopic (exact) mass is 235 g/mol. The van der Waals surface area contributed by atoms with Crippen molar-refractivity contribution >= 4 is 17.6 Å². The molecule has 0 saturated heterocycles. The molecule has 0 spiro atoms. The first-order valence-corrected chi connectivity index (χ1v) is 4.55. The van der Waals surface area contributed by atoms with E-state index in [2.05, 4.69) is 9.72 Å². The minimum Gasteiger partial charge on any atom is -0.464 e. The lowest BCUT2D eigenvalue weighted by molar-refractivity contribution is 0.0592. The maximum absolute atomic E-state index is 12.4. The summed E-state index contributed by atoms with van der Waals surface area (Å²) >= 11 is 5.50. The summed E-state index contributed by atoms with van der Waals surface area (Å²) in [5, 5.41) is 0. The SMILES string of the molecule is COC(=O)c1cc(CCl)cc(C(F)F)n1. The number of nitrogens with zero attached hydrogens (tertiary/aromatic N) is 1. The van der Waals surface area contributed by atoms with Gasteiger partial charge >= 0.3 is 5.97 Å². The molecule has 0 bridgehead atoms. The van der Waals surface area contributed by atoms with Crippen LogP contribution in [0.3, 0.4) is 0 Å². The first-order valence-electron chi connectivity index (χ1n) is 4.01. The summed E-state index contributed by atoms with van der Waals surface area (Å²) in [6.07, 6.45) is -2.74. The van der Waals surface area contributed by atoms with Crippen molar-refractivity contribution in [1.29, 1.82) is 0 Å². The summed E-state index contributed by atoms with van der Waals surface area (Å²) in [5.74, 6) is -0.726. The Morgan fingerprint density at radius 1 is 1.60 bits per heavy atom. The van der Waals surface area contributed by atoms with Crippen LogP contribution in [0.1, 0.15) is 28.2 Å². The number of pyridine rings is 1. The molecule has 0 amide bonds. The lowest BCUT2D eigenvalue weighted by Gasteiger charge is -2.05. The topological polar surface area (TPSA) is 39.2 Å². The van der Waals surface area contributed by atoms with Gasteiger partial charge < -0.3 is 4.74 Å². The van der Waals surface area contributed by atoms with Crippen molar-refractivity contribution in [3.8, 4) is 0 Å². The molecular formula is C9H8ClF2NO2. The van der Waals surface area contributed by atoms with Crippen LogP contribution in [0.4, 0.5) is 8.78 Å². The molecule has 0 N–H and O–H groups in total. The Bertz CT molecular complexity index is 371. The van der Waals surface area contributed by atoms with Crippen molar-refractivity contribution in [1.82, 2.24) is 4.98 Å². The van der Waals surface area contributed by atoms with Gasteiger partial charge in [0.15, 0.2) is 0 Å². The van der Waals surface area contributed by atoms with Gasteiger partial charge in [0.05, 0.1) is 7.11 Å². The predicted molar refractivity (Wildman–Crippen MR) is 50.1 cm³/mol. The van der Waals surface area contributed by atoms with Gasteiger partial charge in [-0.05, 0) is 17.7 Å². The van der Waals surface area contributed by atoms with Crippen LogP contribution in [-0.2, 0) is 10.6 Å². The second-order valence-electron chi connectivity index (χ2n) is 2.71. The fraction of sp³-hybridized carbons (Fsp3) is 0.333. The van der Waals surface area contributed by atoms with Gasteiger partial charge in [-0.15, -0.1) is 11.6 Å². The number of carbonyl (C=O) groups excluding carboxylic acids is 1. The zero-order valence-electron chi connectivity index (χ0n) is 7.84. The van der Waals surface area contributed by atoms with Gasteiger partial charge in [0.1, 0.15) is 11.4 Å². The molecule has 0 aromatic carbocycles. The fourth-order valence-corrected chi connectivity index (χ4v) is 1.16. The maximum atomic E-state index is 12.4. The van der Waals surface area contributed by atoms with E-state index in [4.69, 9.17) is 11.6 Å². The van der Waals surface area contributed by atoms with Crippen molar-refractivity contribution in [3.63, 3.8) is 0 Å². The summed E-state index contributed by atoms with van der Waals surface area (Å²) in [6, 6.07) is 2.48. The van der Waals surface area contributed by atoms with Gasteiger partial charge in [0.25, 0.3) is 6.43 Å². The Kier molecular flexibility index (Phi) is 3.96. The third-order valence-electron chi connectivity index (χ3n) is 1.68. The Hall–Kier alpha value is -1.23. The summed E-state index contributed by atoms with van der Waals surface area (Å²) in [7, 11) is 1.15. The van der Waals surface area contributed by atoms with Crippen molar-refractivity contribution in [3.05, 3.63) is 29.1 Å². The highest BCUT2D eigenvalue weighted by atomic mass is 35.5. The molecule has 0 aliphatic heterocycles. The molecule has 0 aliphatic rings. The van der Waals surface area contributed by atoms with Gasteiger partial charge in [-0.1, -0.05) is 0 Å². The summed E-state index contributed by atoms with van der Waals surface area (Å²) in [4.78, 5) is 14.6. The van der Waals surface area contributed by atoms with Gasteiger partial charge in [-0.25, -0.2) is 18.6 Å². The largest absolute Gasteiger partial charge is 0.464 e. The number of esters is 1. The number of halogens is 3. The van der Waals surface area contributed by atoms with Gasteiger partial charge in [0, 0.05) is 5.88 Å². The van der Waals surface area contributed by atoms with Crippen molar-refractivity contribution in [2.45, 2.75) is 12.3 Å². The van der Waals surface area contributed by atoms with E-state index < -0.39 is 18.1 Å². The highest BCUT2D eigenvalue weighted by molar-refractivity contribution is 6.17. The fourth-order valence-electron chi connectivity index (χ4n) is 1.01. The molecule has 1 heterocycles. The molecule has 1 aromatic rings. The van der Waals surface area contributed by atoms with E-state index >= 15 is 0 Å². The number of alkyl halides is 3. The normalized spacial score (nSPS) is 10.5. The zero-order valence-corrected chi connectivity index (χ0v) is 8.59. The highest BCUT2D eigenvalue weighted by Crippen LogP contribution is 2.19. The van der Waals surface area contributed by atoms with Crippen LogP contribution in [0.15, 0.2) is 12.1 Å². The predicted octanol–water partition coefficient (Wildman–Crippen LogP) is 2.54. The standard InChI is InChI=1S/C9H8ClF2NO2/c1-15-9(14)7-3-5(4-10)2-6(13-7)8(11)12/h2-3,8H,4H2,1H3. The quantitative estimate of drug-likeness (QED) is 0.597. The molecule has 15 heavy (non-hydrogen) atoms. The Balaban J connectivity index is 3.17. The average molecular weight is 236 g/mol. The minimum atomic E-state index is -2.74. The van der Waals surface area contributed by atoms with Crippen LogP contribution in [-0.4, -0.2) is 18.1 Å². The van der Waals surface area contributed by atoms with E-state index in [1.54, 1.807) is 0 Å². The van der Waals surface area contributed by atoms with E-state index in [9.17, 15) is 13.6 Å². The van der Waals surface area contributed by atoms with Gasteiger partial charge in [0.2, 0.25) is 0 Å². The number of aromatic nitrogens is 1. The number of ether oxygens (including phenoxy) is 1. The first-order chi connectivity index (χ1) is 7.08. The number of hydrogen-bond acceptors (Lipinski definition) is 3. The van der Waals surface area contributed by atoms with Gasteiger partial charge in [-0.2, -0.15) is 0 Å². The molecule has 0 radical (unpaired) electrons. The maximum Gasteiger partial charge on any atom is 0.356 e. The molecule has 0 saturated carbocycles. The van der Waals surface area contributed by atoms with Crippen molar-refractivity contribution in [2.24, 2.45) is 0 Å². The Morgan fingerprint density at radius 2 is 2.27 bits per heavy atom. The molecule has 3 nitrogen and oxygen atoms in total. The van der Waals surface area contributed by atoms with E-state index in [0.29, 0.717) is 5.56 Å². The lowest BCUT2D eigenvalue weighted by atomic mass is 10.2. The smallest absolute Gasteiger partial charge is 0.356 e. The molecular weight excluding hydrogens is 228 g/mol. The number of hydrogen-bond donors (Lipinski definition) is 0. The lowest BCUT2D eigenvalue weighted by Crippen LogP contribution is -2.07. The van der Waals surface area contributed by atoms with E-state index in [-0.39, 0.29) is 11.6 Å². The Morgan fingerprint density at radius 3 is 2.73 bits per heavy atom. The van der Waals surface area contributed by atoms with Crippen LogP contribution >= 0.6 is 11.6 Å². The first kappa shape index (κ1) is 11.8.